The lowest BCUT2D eigenvalue weighted by molar-refractivity contribution is 0.179. The van der Waals surface area contributed by atoms with Crippen molar-refractivity contribution in [1.82, 2.24) is 20.2 Å². The molecule has 0 atom stereocenters. The van der Waals surface area contributed by atoms with Crippen molar-refractivity contribution in [3.05, 3.63) is 53.5 Å². The molecule has 1 saturated heterocycles. The summed E-state index contributed by atoms with van der Waals surface area (Å²) in [5, 5.41) is 2.89. The number of aromatic nitrogens is 2. The van der Waals surface area contributed by atoms with Gasteiger partial charge in [-0.05, 0) is 50.1 Å². The molecule has 0 unspecified atom stereocenters. The molecule has 3 aromatic rings. The minimum Gasteiger partial charge on any atom is -0.465 e. The van der Waals surface area contributed by atoms with Crippen LogP contribution >= 0.6 is 0 Å². The van der Waals surface area contributed by atoms with Gasteiger partial charge in [0.2, 0.25) is 0 Å². The summed E-state index contributed by atoms with van der Waals surface area (Å²) in [7, 11) is 0. The summed E-state index contributed by atoms with van der Waals surface area (Å²) in [6.45, 7) is 3.60. The standard InChI is InChI=1S/C19H21FN4O2/c1-12-2-4-15(26-12)11-21-19(25)24-8-6-13(7-9-24)18-22-16-5-3-14(20)10-17(16)23-18/h2-5,10,13H,6-9,11H2,1H3,(H,21,25)(H,22,23). The van der Waals surface area contributed by atoms with E-state index in [1.807, 2.05) is 24.0 Å². The van der Waals surface area contributed by atoms with Crippen LogP contribution in [0.2, 0.25) is 0 Å². The van der Waals surface area contributed by atoms with Crippen molar-refractivity contribution in [3.63, 3.8) is 0 Å². The first-order valence-corrected chi connectivity index (χ1v) is 8.82. The second-order valence-corrected chi connectivity index (χ2v) is 6.72. The zero-order chi connectivity index (χ0) is 18.1. The molecule has 0 spiro atoms. The lowest BCUT2D eigenvalue weighted by Crippen LogP contribution is -2.43. The van der Waals surface area contributed by atoms with Gasteiger partial charge in [-0.25, -0.2) is 14.2 Å². The molecule has 7 heteroatoms. The number of halogens is 1. The van der Waals surface area contributed by atoms with Crippen LogP contribution in [0.25, 0.3) is 11.0 Å². The Balaban J connectivity index is 1.33. The summed E-state index contributed by atoms with van der Waals surface area (Å²) >= 11 is 0. The van der Waals surface area contributed by atoms with Crippen molar-refractivity contribution in [2.24, 2.45) is 0 Å². The number of fused-ring (bicyclic) bond motifs is 1. The zero-order valence-corrected chi connectivity index (χ0v) is 14.6. The molecular weight excluding hydrogens is 335 g/mol. The van der Waals surface area contributed by atoms with Crippen LogP contribution < -0.4 is 5.32 Å². The zero-order valence-electron chi connectivity index (χ0n) is 14.6. The molecule has 0 bridgehead atoms. The normalized spacial score (nSPS) is 15.5. The fourth-order valence-electron chi connectivity index (χ4n) is 3.41. The molecule has 1 aromatic carbocycles. The number of amides is 2. The molecule has 26 heavy (non-hydrogen) atoms. The summed E-state index contributed by atoms with van der Waals surface area (Å²) in [6.07, 6.45) is 1.66. The molecule has 2 N–H and O–H groups in total. The van der Waals surface area contributed by atoms with Crippen molar-refractivity contribution in [2.45, 2.75) is 32.2 Å². The van der Waals surface area contributed by atoms with E-state index in [0.29, 0.717) is 25.2 Å². The number of carbonyl (C=O) groups excluding carboxylic acids is 1. The molecule has 0 saturated carbocycles. The van der Waals surface area contributed by atoms with Gasteiger partial charge in [0.1, 0.15) is 23.2 Å². The van der Waals surface area contributed by atoms with Gasteiger partial charge in [0.15, 0.2) is 0 Å². The van der Waals surface area contributed by atoms with E-state index in [1.165, 1.54) is 12.1 Å². The number of urea groups is 1. The number of rotatable bonds is 3. The summed E-state index contributed by atoms with van der Waals surface area (Å²) in [6, 6.07) is 8.23. The number of aromatic amines is 1. The number of nitrogens with one attached hydrogen (secondary N) is 2. The average molecular weight is 356 g/mol. The van der Waals surface area contributed by atoms with E-state index in [9.17, 15) is 9.18 Å². The van der Waals surface area contributed by atoms with Gasteiger partial charge < -0.3 is 19.6 Å². The molecule has 4 rings (SSSR count). The van der Waals surface area contributed by atoms with E-state index < -0.39 is 0 Å². The van der Waals surface area contributed by atoms with E-state index in [0.717, 1.165) is 35.7 Å². The quantitative estimate of drug-likeness (QED) is 0.751. The van der Waals surface area contributed by atoms with Gasteiger partial charge in [-0.1, -0.05) is 0 Å². The number of nitrogens with zero attached hydrogens (tertiary/aromatic N) is 2. The first kappa shape index (κ1) is 16.6. The van der Waals surface area contributed by atoms with E-state index in [-0.39, 0.29) is 17.8 Å². The average Bonchev–Trinajstić information content (AvgIpc) is 3.25. The van der Waals surface area contributed by atoms with Crippen molar-refractivity contribution in [1.29, 1.82) is 0 Å². The molecule has 0 radical (unpaired) electrons. The van der Waals surface area contributed by atoms with Crippen LogP contribution in [0.15, 0.2) is 34.7 Å². The second-order valence-electron chi connectivity index (χ2n) is 6.72. The van der Waals surface area contributed by atoms with Crippen LogP contribution in [0.5, 0.6) is 0 Å². The topological polar surface area (TPSA) is 74.2 Å². The van der Waals surface area contributed by atoms with Crippen molar-refractivity contribution in [2.75, 3.05) is 13.1 Å². The smallest absolute Gasteiger partial charge is 0.317 e. The molecule has 1 fully saturated rings. The van der Waals surface area contributed by atoms with Gasteiger partial charge in [-0.2, -0.15) is 0 Å². The van der Waals surface area contributed by atoms with E-state index in [2.05, 4.69) is 15.3 Å². The van der Waals surface area contributed by atoms with Crippen molar-refractivity contribution < 1.29 is 13.6 Å². The highest BCUT2D eigenvalue weighted by Gasteiger charge is 2.25. The first-order valence-electron chi connectivity index (χ1n) is 8.82. The molecule has 1 aliphatic rings. The molecule has 3 heterocycles. The second kappa shape index (κ2) is 6.82. The molecule has 6 nitrogen and oxygen atoms in total. The number of likely N-dealkylation sites (tertiary alicyclic amines) is 1. The van der Waals surface area contributed by atoms with E-state index in [4.69, 9.17) is 4.42 Å². The fourth-order valence-corrected chi connectivity index (χ4v) is 3.41. The molecule has 1 aliphatic heterocycles. The lowest BCUT2D eigenvalue weighted by Gasteiger charge is -2.31. The predicted octanol–water partition coefficient (Wildman–Crippen LogP) is 3.69. The molecule has 0 aliphatic carbocycles. The summed E-state index contributed by atoms with van der Waals surface area (Å²) in [5.74, 6) is 2.44. The Bertz CT molecular complexity index is 925. The van der Waals surface area contributed by atoms with Crippen LogP contribution in [-0.4, -0.2) is 34.0 Å². The Hall–Kier alpha value is -2.83. The minimum absolute atomic E-state index is 0.0795. The van der Waals surface area contributed by atoms with E-state index in [1.54, 1.807) is 6.07 Å². The molecule has 2 aromatic heterocycles. The Morgan fingerprint density at radius 2 is 2.15 bits per heavy atom. The van der Waals surface area contributed by atoms with Gasteiger partial charge in [0, 0.05) is 19.0 Å². The van der Waals surface area contributed by atoms with Crippen LogP contribution in [0.3, 0.4) is 0 Å². The highest BCUT2D eigenvalue weighted by Crippen LogP contribution is 2.28. The lowest BCUT2D eigenvalue weighted by atomic mass is 9.96. The highest BCUT2D eigenvalue weighted by molar-refractivity contribution is 5.75. The Kier molecular flexibility index (Phi) is 4.36. The van der Waals surface area contributed by atoms with Crippen LogP contribution in [0, 0.1) is 12.7 Å². The van der Waals surface area contributed by atoms with Gasteiger partial charge >= 0.3 is 6.03 Å². The van der Waals surface area contributed by atoms with Crippen LogP contribution in [0.4, 0.5) is 9.18 Å². The number of carbonyl (C=O) groups is 1. The SMILES string of the molecule is Cc1ccc(CNC(=O)N2CCC(c3nc4ccc(F)cc4[nH]3)CC2)o1. The number of hydrogen-bond acceptors (Lipinski definition) is 3. The third kappa shape index (κ3) is 3.42. The minimum atomic E-state index is -0.272. The van der Waals surface area contributed by atoms with Gasteiger partial charge in [0.05, 0.1) is 17.6 Å². The van der Waals surface area contributed by atoms with Gasteiger partial charge in [-0.3, -0.25) is 0 Å². The van der Waals surface area contributed by atoms with Gasteiger partial charge in [0.25, 0.3) is 0 Å². The largest absolute Gasteiger partial charge is 0.465 e. The third-order valence-electron chi connectivity index (χ3n) is 4.84. The molecular formula is C19H21FN4O2. The fraction of sp³-hybridized carbons (Fsp3) is 0.368. The summed E-state index contributed by atoms with van der Waals surface area (Å²) < 4.78 is 18.8. The third-order valence-corrected chi connectivity index (χ3v) is 4.84. The number of imidazole rings is 1. The van der Waals surface area contributed by atoms with Gasteiger partial charge in [-0.15, -0.1) is 0 Å². The Morgan fingerprint density at radius 1 is 1.35 bits per heavy atom. The Labute approximate surface area is 150 Å². The van der Waals surface area contributed by atoms with Crippen LogP contribution in [0.1, 0.15) is 36.1 Å². The van der Waals surface area contributed by atoms with Crippen LogP contribution in [-0.2, 0) is 6.54 Å². The first-order chi connectivity index (χ1) is 12.6. The number of furan rings is 1. The van der Waals surface area contributed by atoms with E-state index >= 15 is 0 Å². The number of benzene rings is 1. The maximum absolute atomic E-state index is 13.3. The van der Waals surface area contributed by atoms with Crippen molar-refractivity contribution >= 4 is 17.1 Å². The maximum Gasteiger partial charge on any atom is 0.317 e. The monoisotopic (exact) mass is 356 g/mol. The number of H-pyrrole nitrogens is 1. The van der Waals surface area contributed by atoms with Crippen molar-refractivity contribution in [3.8, 4) is 0 Å². The highest BCUT2D eigenvalue weighted by atomic mass is 19.1. The molecule has 2 amide bonds. The number of piperidine rings is 1. The molecule has 136 valence electrons. The summed E-state index contributed by atoms with van der Waals surface area (Å²) in [4.78, 5) is 21.9. The number of aryl methyl sites for hydroxylation is 1. The summed E-state index contributed by atoms with van der Waals surface area (Å²) in [5.41, 5.74) is 1.49. The number of hydrogen-bond donors (Lipinski definition) is 2. The maximum atomic E-state index is 13.3. The Morgan fingerprint density at radius 3 is 2.88 bits per heavy atom. The predicted molar refractivity (Wildman–Crippen MR) is 95.3 cm³/mol.